The molecule has 0 aliphatic carbocycles. The van der Waals surface area contributed by atoms with E-state index in [1.54, 1.807) is 25.3 Å². The highest BCUT2D eigenvalue weighted by atomic mass is 16.5. The second-order valence-corrected chi connectivity index (χ2v) is 4.65. The van der Waals surface area contributed by atoms with Crippen molar-refractivity contribution in [1.29, 1.82) is 0 Å². The normalized spacial score (nSPS) is 16.4. The molecule has 1 heterocycles. The molecule has 2 rings (SSSR count). The summed E-state index contributed by atoms with van der Waals surface area (Å²) in [7, 11) is 1.56. The van der Waals surface area contributed by atoms with Gasteiger partial charge in [0.2, 0.25) is 0 Å². The number of benzene rings is 1. The van der Waals surface area contributed by atoms with Crippen LogP contribution >= 0.6 is 0 Å². The summed E-state index contributed by atoms with van der Waals surface area (Å²) in [6.45, 7) is 6.47. The standard InChI is InChI=1S/C14H21N3O2/c1-3-16-7-9-17(10-8-16)14(18)13-11(15)5-4-6-12(13)19-2/h4-6H,3,7-10,15H2,1-2H3. The average Bonchev–Trinajstić information content (AvgIpc) is 2.46. The van der Waals surface area contributed by atoms with Gasteiger partial charge in [0.1, 0.15) is 11.3 Å². The topological polar surface area (TPSA) is 58.8 Å². The minimum atomic E-state index is -0.0364. The van der Waals surface area contributed by atoms with Gasteiger partial charge in [-0.15, -0.1) is 0 Å². The lowest BCUT2D eigenvalue weighted by atomic mass is 10.1. The van der Waals surface area contributed by atoms with Gasteiger partial charge in [-0.05, 0) is 18.7 Å². The molecule has 19 heavy (non-hydrogen) atoms. The maximum Gasteiger partial charge on any atom is 0.259 e. The number of carbonyl (C=O) groups is 1. The Bertz CT molecular complexity index is 454. The molecule has 0 radical (unpaired) electrons. The van der Waals surface area contributed by atoms with Crippen molar-refractivity contribution in [3.8, 4) is 5.75 Å². The predicted molar refractivity (Wildman–Crippen MR) is 75.4 cm³/mol. The van der Waals surface area contributed by atoms with Gasteiger partial charge in [-0.25, -0.2) is 0 Å². The first kappa shape index (κ1) is 13.7. The van der Waals surface area contributed by atoms with Crippen LogP contribution in [-0.4, -0.2) is 55.5 Å². The summed E-state index contributed by atoms with van der Waals surface area (Å²) in [6, 6.07) is 5.30. The number of ether oxygens (including phenoxy) is 1. The zero-order valence-electron chi connectivity index (χ0n) is 11.6. The Kier molecular flexibility index (Phi) is 4.27. The van der Waals surface area contributed by atoms with E-state index in [9.17, 15) is 4.79 Å². The number of rotatable bonds is 3. The Morgan fingerprint density at radius 2 is 2.00 bits per heavy atom. The highest BCUT2D eigenvalue weighted by Crippen LogP contribution is 2.26. The van der Waals surface area contributed by atoms with Crippen LogP contribution in [0.15, 0.2) is 18.2 Å². The molecule has 0 saturated carbocycles. The molecule has 104 valence electrons. The van der Waals surface area contributed by atoms with E-state index in [1.807, 2.05) is 4.90 Å². The summed E-state index contributed by atoms with van der Waals surface area (Å²) in [4.78, 5) is 16.7. The Balaban J connectivity index is 2.16. The van der Waals surface area contributed by atoms with Crippen molar-refractivity contribution in [2.75, 3.05) is 45.6 Å². The molecular formula is C14H21N3O2. The van der Waals surface area contributed by atoms with Gasteiger partial charge in [0.15, 0.2) is 0 Å². The molecule has 1 aromatic carbocycles. The third-order valence-electron chi connectivity index (χ3n) is 3.60. The van der Waals surface area contributed by atoms with Gasteiger partial charge in [0.05, 0.1) is 7.11 Å². The summed E-state index contributed by atoms with van der Waals surface area (Å²) >= 11 is 0. The first-order chi connectivity index (χ1) is 9.17. The maximum absolute atomic E-state index is 12.5. The van der Waals surface area contributed by atoms with E-state index in [-0.39, 0.29) is 5.91 Å². The second-order valence-electron chi connectivity index (χ2n) is 4.65. The van der Waals surface area contributed by atoms with Gasteiger partial charge >= 0.3 is 0 Å². The van der Waals surface area contributed by atoms with Crippen molar-refractivity contribution in [3.05, 3.63) is 23.8 Å². The number of methoxy groups -OCH3 is 1. The van der Waals surface area contributed by atoms with Crippen LogP contribution in [0, 0.1) is 0 Å². The van der Waals surface area contributed by atoms with Gasteiger partial charge in [-0.3, -0.25) is 4.79 Å². The quantitative estimate of drug-likeness (QED) is 0.828. The SMILES string of the molecule is CCN1CCN(C(=O)c2c(N)cccc2OC)CC1. The molecule has 0 bridgehead atoms. The fourth-order valence-corrected chi connectivity index (χ4v) is 2.37. The van der Waals surface area contributed by atoms with Gasteiger partial charge in [-0.2, -0.15) is 0 Å². The largest absolute Gasteiger partial charge is 0.496 e. The predicted octanol–water partition coefficient (Wildman–Crippen LogP) is 1.06. The molecule has 1 saturated heterocycles. The summed E-state index contributed by atoms with van der Waals surface area (Å²) in [5.41, 5.74) is 6.88. The van der Waals surface area contributed by atoms with Crippen molar-refractivity contribution < 1.29 is 9.53 Å². The van der Waals surface area contributed by atoms with Gasteiger partial charge in [-0.1, -0.05) is 13.0 Å². The van der Waals surface area contributed by atoms with Crippen LogP contribution in [-0.2, 0) is 0 Å². The number of piperazine rings is 1. The molecule has 0 unspecified atom stereocenters. The molecule has 1 aliphatic rings. The molecule has 5 heteroatoms. The van der Waals surface area contributed by atoms with Crippen LogP contribution in [0.3, 0.4) is 0 Å². The molecule has 2 N–H and O–H groups in total. The van der Waals surface area contributed by atoms with Crippen LogP contribution < -0.4 is 10.5 Å². The lowest BCUT2D eigenvalue weighted by molar-refractivity contribution is 0.0641. The number of likely N-dealkylation sites (N-methyl/N-ethyl adjacent to an activating group) is 1. The number of amides is 1. The van der Waals surface area contributed by atoms with Gasteiger partial charge in [0, 0.05) is 31.9 Å². The lowest BCUT2D eigenvalue weighted by Crippen LogP contribution is -2.48. The Labute approximate surface area is 113 Å². The fraction of sp³-hybridized carbons (Fsp3) is 0.500. The zero-order chi connectivity index (χ0) is 13.8. The van der Waals surface area contributed by atoms with Crippen LogP contribution in [0.1, 0.15) is 17.3 Å². The first-order valence-electron chi connectivity index (χ1n) is 6.61. The zero-order valence-corrected chi connectivity index (χ0v) is 11.6. The highest BCUT2D eigenvalue weighted by Gasteiger charge is 2.25. The Hall–Kier alpha value is -1.75. The molecule has 1 fully saturated rings. The summed E-state index contributed by atoms with van der Waals surface area (Å²) in [5.74, 6) is 0.508. The first-order valence-corrected chi connectivity index (χ1v) is 6.61. The minimum absolute atomic E-state index is 0.0364. The van der Waals surface area contributed by atoms with E-state index in [1.165, 1.54) is 0 Å². The Morgan fingerprint density at radius 1 is 1.32 bits per heavy atom. The van der Waals surface area contributed by atoms with Gasteiger partial charge in [0.25, 0.3) is 5.91 Å². The summed E-state index contributed by atoms with van der Waals surface area (Å²) in [6.07, 6.45) is 0. The molecule has 5 nitrogen and oxygen atoms in total. The number of nitrogens with two attached hydrogens (primary N) is 1. The van der Waals surface area contributed by atoms with Gasteiger partial charge < -0.3 is 20.3 Å². The van der Waals surface area contributed by atoms with E-state index in [0.29, 0.717) is 17.0 Å². The van der Waals surface area contributed by atoms with E-state index >= 15 is 0 Å². The molecule has 1 amide bonds. The van der Waals surface area contributed by atoms with Crippen molar-refractivity contribution in [2.24, 2.45) is 0 Å². The monoisotopic (exact) mass is 263 g/mol. The van der Waals surface area contributed by atoms with E-state index < -0.39 is 0 Å². The average molecular weight is 263 g/mol. The van der Waals surface area contributed by atoms with Crippen LogP contribution in [0.5, 0.6) is 5.75 Å². The van der Waals surface area contributed by atoms with Crippen LogP contribution in [0.25, 0.3) is 0 Å². The summed E-state index contributed by atoms with van der Waals surface area (Å²) < 4.78 is 5.24. The smallest absolute Gasteiger partial charge is 0.259 e. The third-order valence-corrected chi connectivity index (χ3v) is 3.60. The van der Waals surface area contributed by atoms with E-state index in [2.05, 4.69) is 11.8 Å². The number of hydrogen-bond acceptors (Lipinski definition) is 4. The molecule has 0 atom stereocenters. The lowest BCUT2D eigenvalue weighted by Gasteiger charge is -2.34. The van der Waals surface area contributed by atoms with Crippen LogP contribution in [0.4, 0.5) is 5.69 Å². The molecule has 0 spiro atoms. The number of carbonyl (C=O) groups excluding carboxylic acids is 1. The molecule has 1 aromatic rings. The van der Waals surface area contributed by atoms with E-state index in [4.69, 9.17) is 10.5 Å². The molecule has 0 aromatic heterocycles. The second kappa shape index (κ2) is 5.93. The highest BCUT2D eigenvalue weighted by molar-refractivity contribution is 6.01. The number of anilines is 1. The maximum atomic E-state index is 12.5. The number of nitrogens with zero attached hydrogens (tertiary/aromatic N) is 2. The fourth-order valence-electron chi connectivity index (χ4n) is 2.37. The number of nitrogen functional groups attached to an aromatic ring is 1. The third kappa shape index (κ3) is 2.81. The van der Waals surface area contributed by atoms with Crippen molar-refractivity contribution in [1.82, 2.24) is 9.80 Å². The van der Waals surface area contributed by atoms with E-state index in [0.717, 1.165) is 32.7 Å². The van der Waals surface area contributed by atoms with Crippen molar-refractivity contribution in [2.45, 2.75) is 6.92 Å². The summed E-state index contributed by atoms with van der Waals surface area (Å²) in [5, 5.41) is 0. The minimum Gasteiger partial charge on any atom is -0.496 e. The van der Waals surface area contributed by atoms with Crippen molar-refractivity contribution in [3.63, 3.8) is 0 Å². The Morgan fingerprint density at radius 3 is 2.58 bits per heavy atom. The van der Waals surface area contributed by atoms with Crippen molar-refractivity contribution >= 4 is 11.6 Å². The molecule has 1 aliphatic heterocycles. The van der Waals surface area contributed by atoms with Crippen LogP contribution in [0.2, 0.25) is 0 Å². The molecular weight excluding hydrogens is 242 g/mol. The number of hydrogen-bond donors (Lipinski definition) is 1.